The minimum atomic E-state index is -0.265. The Morgan fingerprint density at radius 2 is 0.855 bits per heavy atom. The lowest BCUT2D eigenvalue weighted by Gasteiger charge is -2.13. The molecule has 0 atom stereocenters. The highest BCUT2D eigenvalue weighted by Crippen LogP contribution is 2.38. The third-order valence-electron chi connectivity index (χ3n) is 10.0. The third kappa shape index (κ3) is 6.06. The van der Waals surface area contributed by atoms with E-state index in [0.717, 1.165) is 66.7 Å². The molecule has 55 heavy (non-hydrogen) atoms. The molecule has 0 unspecified atom stereocenters. The molecule has 4 nitrogen and oxygen atoms in total. The first-order chi connectivity index (χ1) is 28.9. The van der Waals surface area contributed by atoms with Crippen molar-refractivity contribution < 1.29 is 5.48 Å². The summed E-state index contributed by atoms with van der Waals surface area (Å²) >= 11 is 0. The third-order valence-corrected chi connectivity index (χ3v) is 10.0. The Kier molecular flexibility index (Phi) is 7.08. The van der Waals surface area contributed by atoms with E-state index in [1.165, 1.54) is 0 Å². The van der Waals surface area contributed by atoms with E-state index < -0.39 is 0 Å². The quantitative estimate of drug-likeness (QED) is 0.166. The SMILES string of the molecule is [2H]c1c([2H])c([2H])c2c(c1[2H])c1ccc(-c3ccccc3-c3ccccc3)cc1n2-c1ccc(-c2cccc(-c3nc(-c4ccccc4)nc(-c4ccccc4)n3)c2)cc1. The van der Waals surface area contributed by atoms with E-state index in [9.17, 15) is 0 Å². The van der Waals surface area contributed by atoms with Crippen LogP contribution in [0.3, 0.4) is 0 Å². The Labute approximate surface area is 325 Å². The highest BCUT2D eigenvalue weighted by molar-refractivity contribution is 6.10. The summed E-state index contributed by atoms with van der Waals surface area (Å²) in [6.45, 7) is 0. The Morgan fingerprint density at radius 1 is 0.345 bits per heavy atom. The molecule has 0 aliphatic rings. The van der Waals surface area contributed by atoms with Gasteiger partial charge in [0.15, 0.2) is 17.5 Å². The monoisotopic (exact) mass is 706 g/mol. The number of benzene rings is 8. The van der Waals surface area contributed by atoms with Crippen LogP contribution in [0.1, 0.15) is 5.48 Å². The first-order valence-electron chi connectivity index (χ1n) is 20.2. The van der Waals surface area contributed by atoms with Crippen LogP contribution in [0.5, 0.6) is 0 Å². The number of para-hydroxylation sites is 1. The van der Waals surface area contributed by atoms with Gasteiger partial charge >= 0.3 is 0 Å². The first kappa shape index (κ1) is 28.1. The molecule has 0 bridgehead atoms. The van der Waals surface area contributed by atoms with Crippen LogP contribution in [-0.4, -0.2) is 19.5 Å². The van der Waals surface area contributed by atoms with Gasteiger partial charge in [0.05, 0.1) is 16.5 Å². The van der Waals surface area contributed by atoms with Crippen molar-refractivity contribution in [2.45, 2.75) is 0 Å². The second-order valence-corrected chi connectivity index (χ2v) is 13.4. The fourth-order valence-electron chi connectivity index (χ4n) is 7.34. The molecule has 0 fully saturated rings. The van der Waals surface area contributed by atoms with Crippen molar-refractivity contribution in [3.8, 4) is 73.2 Å². The van der Waals surface area contributed by atoms with Gasteiger partial charge in [-0.25, -0.2) is 15.0 Å². The van der Waals surface area contributed by atoms with Crippen LogP contribution in [0.4, 0.5) is 0 Å². The van der Waals surface area contributed by atoms with E-state index in [0.29, 0.717) is 28.4 Å². The average molecular weight is 707 g/mol. The summed E-state index contributed by atoms with van der Waals surface area (Å²) in [5, 5.41) is 1.25. The topological polar surface area (TPSA) is 43.6 Å². The summed E-state index contributed by atoms with van der Waals surface area (Å²) in [6, 6.07) is 60.2. The maximum absolute atomic E-state index is 9.11. The summed E-state index contributed by atoms with van der Waals surface area (Å²) in [4.78, 5) is 14.7. The number of aromatic nitrogens is 4. The molecule has 0 radical (unpaired) electrons. The molecule has 4 heteroatoms. The smallest absolute Gasteiger partial charge is 0.164 e. The van der Waals surface area contributed by atoms with Crippen LogP contribution in [0.2, 0.25) is 0 Å². The molecule has 2 heterocycles. The summed E-state index contributed by atoms with van der Waals surface area (Å²) in [5.41, 5.74) is 10.8. The standard InChI is InChI=1S/C51H34N4/c1-4-15-36(16-5-1)43-23-10-11-24-44(43)40-29-32-46-45-25-12-13-26-47(45)55(48(46)34-40)42-30-27-35(28-31-42)39-21-14-22-41(33-39)51-53-49(37-17-6-2-7-18-37)52-50(54-51)38-19-8-3-9-20-38/h1-34H/i12D,13D,25D,26D. The number of hydrogen-bond acceptors (Lipinski definition) is 3. The molecule has 0 N–H and O–H groups in total. The largest absolute Gasteiger partial charge is 0.309 e. The lowest BCUT2D eigenvalue weighted by atomic mass is 9.94. The van der Waals surface area contributed by atoms with Gasteiger partial charge in [-0.1, -0.05) is 176 Å². The predicted octanol–water partition coefficient (Wildman–Crippen LogP) is 13.0. The molecular weight excluding hydrogens is 669 g/mol. The fourth-order valence-corrected chi connectivity index (χ4v) is 7.34. The lowest BCUT2D eigenvalue weighted by molar-refractivity contribution is 1.07. The zero-order chi connectivity index (χ0) is 40.0. The van der Waals surface area contributed by atoms with Gasteiger partial charge in [0.25, 0.3) is 0 Å². The molecule has 0 saturated heterocycles. The van der Waals surface area contributed by atoms with E-state index in [1.54, 1.807) is 0 Å². The van der Waals surface area contributed by atoms with Gasteiger partial charge in [-0.15, -0.1) is 0 Å². The van der Waals surface area contributed by atoms with Gasteiger partial charge in [-0.2, -0.15) is 0 Å². The van der Waals surface area contributed by atoms with Crippen molar-refractivity contribution in [1.82, 2.24) is 19.5 Å². The molecule has 0 amide bonds. The van der Waals surface area contributed by atoms with E-state index in [1.807, 2.05) is 144 Å². The highest BCUT2D eigenvalue weighted by atomic mass is 15.0. The summed E-state index contributed by atoms with van der Waals surface area (Å²) in [5.74, 6) is 1.76. The maximum atomic E-state index is 9.11. The fraction of sp³-hybridized carbons (Fsp3) is 0. The second-order valence-electron chi connectivity index (χ2n) is 13.4. The summed E-state index contributed by atoms with van der Waals surface area (Å²) in [6.07, 6.45) is 0. The average Bonchev–Trinajstić information content (AvgIpc) is 3.66. The predicted molar refractivity (Wildman–Crippen MR) is 227 cm³/mol. The molecule has 258 valence electrons. The van der Waals surface area contributed by atoms with Crippen molar-refractivity contribution in [3.05, 3.63) is 206 Å². The van der Waals surface area contributed by atoms with E-state index in [-0.39, 0.29) is 24.2 Å². The van der Waals surface area contributed by atoms with Crippen molar-refractivity contribution in [2.75, 3.05) is 0 Å². The van der Waals surface area contributed by atoms with Crippen molar-refractivity contribution >= 4 is 21.8 Å². The number of nitrogens with zero attached hydrogens (tertiary/aromatic N) is 4. The van der Waals surface area contributed by atoms with Crippen LogP contribution in [0.25, 0.3) is 95.0 Å². The van der Waals surface area contributed by atoms with Crippen LogP contribution < -0.4 is 0 Å². The zero-order valence-corrected chi connectivity index (χ0v) is 29.6. The van der Waals surface area contributed by atoms with Crippen LogP contribution in [0.15, 0.2) is 206 Å². The number of hydrogen-bond donors (Lipinski definition) is 0. The molecule has 2 aromatic heterocycles. The van der Waals surface area contributed by atoms with Crippen molar-refractivity contribution in [2.24, 2.45) is 0 Å². The molecule has 0 spiro atoms. The van der Waals surface area contributed by atoms with Crippen LogP contribution in [0, 0.1) is 0 Å². The maximum Gasteiger partial charge on any atom is 0.164 e. The van der Waals surface area contributed by atoms with Gasteiger partial charge in [0.1, 0.15) is 0 Å². The van der Waals surface area contributed by atoms with Crippen LogP contribution in [-0.2, 0) is 0 Å². The number of rotatable bonds is 7. The Bertz CT molecular complexity index is 3130. The minimum absolute atomic E-state index is 0.0557. The molecular formula is C51H34N4. The van der Waals surface area contributed by atoms with Gasteiger partial charge in [0, 0.05) is 33.2 Å². The van der Waals surface area contributed by atoms with E-state index in [4.69, 9.17) is 20.4 Å². The van der Waals surface area contributed by atoms with E-state index in [2.05, 4.69) is 42.5 Å². The normalized spacial score (nSPS) is 12.3. The summed E-state index contributed by atoms with van der Waals surface area (Å²) in [7, 11) is 0. The lowest BCUT2D eigenvalue weighted by Crippen LogP contribution is -2.00. The molecule has 8 aromatic carbocycles. The van der Waals surface area contributed by atoms with Crippen molar-refractivity contribution in [1.29, 1.82) is 0 Å². The number of fused-ring (bicyclic) bond motifs is 3. The van der Waals surface area contributed by atoms with Crippen molar-refractivity contribution in [3.63, 3.8) is 0 Å². The molecule has 10 aromatic rings. The highest BCUT2D eigenvalue weighted by Gasteiger charge is 2.16. The first-order valence-corrected chi connectivity index (χ1v) is 18.2. The summed E-state index contributed by atoms with van der Waals surface area (Å²) < 4.78 is 37.3. The van der Waals surface area contributed by atoms with Crippen LogP contribution >= 0.6 is 0 Å². The minimum Gasteiger partial charge on any atom is -0.309 e. The molecule has 0 saturated carbocycles. The van der Waals surface area contributed by atoms with Gasteiger partial charge < -0.3 is 4.57 Å². The van der Waals surface area contributed by atoms with Gasteiger partial charge in [-0.3, -0.25) is 0 Å². The van der Waals surface area contributed by atoms with Gasteiger partial charge in [-0.05, 0) is 63.7 Å². The molecule has 0 aliphatic carbocycles. The molecule has 10 rings (SSSR count). The second kappa shape index (κ2) is 13.8. The Morgan fingerprint density at radius 3 is 1.51 bits per heavy atom. The Balaban J connectivity index is 1.09. The van der Waals surface area contributed by atoms with E-state index >= 15 is 0 Å². The molecule has 0 aliphatic heterocycles. The van der Waals surface area contributed by atoms with Gasteiger partial charge in [0.2, 0.25) is 0 Å². The zero-order valence-electron chi connectivity index (χ0n) is 33.6. The Hall–Kier alpha value is -7.43.